The molecule has 6 nitrogen and oxygen atoms in total. The van der Waals surface area contributed by atoms with Crippen molar-refractivity contribution in [3.63, 3.8) is 0 Å². The summed E-state index contributed by atoms with van der Waals surface area (Å²) in [4.78, 5) is 31.2. The molecule has 1 fully saturated rings. The lowest BCUT2D eigenvalue weighted by atomic mass is 9.95. The van der Waals surface area contributed by atoms with Crippen molar-refractivity contribution in [3.8, 4) is 0 Å². The molecule has 158 valence electrons. The van der Waals surface area contributed by atoms with E-state index in [1.54, 1.807) is 36.8 Å². The van der Waals surface area contributed by atoms with Crippen LogP contribution in [0.1, 0.15) is 23.6 Å². The van der Waals surface area contributed by atoms with Crippen LogP contribution >= 0.6 is 11.6 Å². The average molecular weight is 440 g/mol. The van der Waals surface area contributed by atoms with E-state index in [2.05, 4.69) is 4.98 Å². The lowest BCUT2D eigenvalue weighted by molar-refractivity contribution is -0.139. The van der Waals surface area contributed by atoms with Crippen LogP contribution in [0.3, 0.4) is 0 Å². The Hall–Kier alpha value is -3.45. The molecule has 0 bridgehead atoms. The summed E-state index contributed by atoms with van der Waals surface area (Å²) in [6, 6.07) is 11.1. The van der Waals surface area contributed by atoms with Crippen LogP contribution in [0.5, 0.6) is 0 Å². The van der Waals surface area contributed by atoms with E-state index < -0.39 is 23.5 Å². The standard InChI is InChI=1S/C23H19ClFN3O3/c24-17-6-2-16(3-7-17)21(29)19-20(15-4-8-18(25)9-5-15)28(23(31)22(19)30)12-1-11-27-13-10-26-14-27/h2-10,13-14,20,29H,1,11-12H2/b21-19+/t20-/m0/s1. The van der Waals surface area contributed by atoms with Crippen molar-refractivity contribution in [2.75, 3.05) is 6.54 Å². The summed E-state index contributed by atoms with van der Waals surface area (Å²) in [7, 11) is 0. The molecule has 3 aromatic rings. The number of aromatic nitrogens is 2. The van der Waals surface area contributed by atoms with Crippen LogP contribution < -0.4 is 0 Å². The Labute approximate surface area is 183 Å². The van der Waals surface area contributed by atoms with Gasteiger partial charge in [0.15, 0.2) is 0 Å². The third-order valence-corrected chi connectivity index (χ3v) is 5.47. The van der Waals surface area contributed by atoms with Crippen molar-refractivity contribution in [2.24, 2.45) is 0 Å². The second-order valence-corrected chi connectivity index (χ2v) is 7.64. The van der Waals surface area contributed by atoms with Gasteiger partial charge < -0.3 is 14.6 Å². The van der Waals surface area contributed by atoms with Gasteiger partial charge in [-0.2, -0.15) is 0 Å². The number of ketones is 1. The molecule has 31 heavy (non-hydrogen) atoms. The zero-order valence-electron chi connectivity index (χ0n) is 16.4. The fourth-order valence-corrected chi connectivity index (χ4v) is 3.83. The lowest BCUT2D eigenvalue weighted by Crippen LogP contribution is -2.31. The van der Waals surface area contributed by atoms with Crippen LogP contribution in [0.4, 0.5) is 4.39 Å². The number of benzene rings is 2. The van der Waals surface area contributed by atoms with E-state index in [0.29, 0.717) is 29.1 Å². The molecule has 0 saturated carbocycles. The van der Waals surface area contributed by atoms with Crippen molar-refractivity contribution in [1.82, 2.24) is 14.5 Å². The van der Waals surface area contributed by atoms with E-state index in [1.807, 2.05) is 10.8 Å². The predicted molar refractivity (Wildman–Crippen MR) is 114 cm³/mol. The molecule has 1 N–H and O–H groups in total. The molecule has 0 unspecified atom stereocenters. The zero-order valence-corrected chi connectivity index (χ0v) is 17.2. The largest absolute Gasteiger partial charge is 0.507 e. The molecule has 2 aromatic carbocycles. The molecule has 1 aliphatic rings. The van der Waals surface area contributed by atoms with Gasteiger partial charge in [0.25, 0.3) is 11.7 Å². The third-order valence-electron chi connectivity index (χ3n) is 5.22. The highest BCUT2D eigenvalue weighted by Crippen LogP contribution is 2.39. The van der Waals surface area contributed by atoms with E-state index in [0.717, 1.165) is 0 Å². The Kier molecular flexibility index (Phi) is 5.86. The molecule has 4 rings (SSSR count). The molecule has 8 heteroatoms. The van der Waals surface area contributed by atoms with Gasteiger partial charge in [-0.25, -0.2) is 9.37 Å². The van der Waals surface area contributed by atoms with Gasteiger partial charge in [0.1, 0.15) is 11.6 Å². The summed E-state index contributed by atoms with van der Waals surface area (Å²) in [6.07, 6.45) is 5.72. The van der Waals surface area contributed by atoms with Gasteiger partial charge in [-0.15, -0.1) is 0 Å². The second kappa shape index (κ2) is 8.73. The first-order chi connectivity index (χ1) is 15.0. The van der Waals surface area contributed by atoms with Crippen molar-refractivity contribution >= 4 is 29.1 Å². The molecule has 0 radical (unpaired) electrons. The van der Waals surface area contributed by atoms with E-state index in [1.165, 1.54) is 29.2 Å². The van der Waals surface area contributed by atoms with Gasteiger partial charge in [-0.1, -0.05) is 23.7 Å². The maximum atomic E-state index is 13.5. The summed E-state index contributed by atoms with van der Waals surface area (Å²) in [5.41, 5.74) is 0.883. The van der Waals surface area contributed by atoms with E-state index >= 15 is 0 Å². The maximum absolute atomic E-state index is 13.5. The molecule has 0 aliphatic carbocycles. The normalized spacial score (nSPS) is 18.0. The summed E-state index contributed by atoms with van der Waals surface area (Å²) in [5, 5.41) is 11.4. The number of Topliss-reactive ketones (excluding diaryl/α,β-unsaturated/α-hetero) is 1. The molecule has 1 aromatic heterocycles. The summed E-state index contributed by atoms with van der Waals surface area (Å²) in [5.74, 6) is -2.19. The van der Waals surface area contributed by atoms with Crippen LogP contribution in [-0.2, 0) is 16.1 Å². The highest BCUT2D eigenvalue weighted by atomic mass is 35.5. The van der Waals surface area contributed by atoms with Gasteiger partial charge in [-0.05, 0) is 48.4 Å². The lowest BCUT2D eigenvalue weighted by Gasteiger charge is -2.25. The molecule has 1 saturated heterocycles. The molecule has 1 aliphatic heterocycles. The molecular weight excluding hydrogens is 421 g/mol. The van der Waals surface area contributed by atoms with Crippen LogP contribution in [0.25, 0.3) is 5.76 Å². The Bertz CT molecular complexity index is 1130. The number of aryl methyl sites for hydroxylation is 1. The zero-order chi connectivity index (χ0) is 22.0. The minimum atomic E-state index is -0.820. The van der Waals surface area contributed by atoms with Gasteiger partial charge >= 0.3 is 0 Å². The number of hydrogen-bond acceptors (Lipinski definition) is 4. The SMILES string of the molecule is O=C1C(=O)N(CCCn2ccnc2)[C@@H](c2ccc(F)cc2)/C1=C(\O)c1ccc(Cl)cc1. The summed E-state index contributed by atoms with van der Waals surface area (Å²) in [6.45, 7) is 0.887. The first-order valence-corrected chi connectivity index (χ1v) is 10.1. The first-order valence-electron chi connectivity index (χ1n) is 9.71. The van der Waals surface area contributed by atoms with Crippen molar-refractivity contribution in [3.05, 3.63) is 94.8 Å². The number of amides is 1. The topological polar surface area (TPSA) is 75.4 Å². The number of likely N-dealkylation sites (tertiary alicyclic amines) is 1. The number of carbonyl (C=O) groups excluding carboxylic acids is 2. The Morgan fingerprint density at radius 2 is 1.77 bits per heavy atom. The van der Waals surface area contributed by atoms with E-state index in [9.17, 15) is 19.1 Å². The fraction of sp³-hybridized carbons (Fsp3) is 0.174. The number of carbonyl (C=O) groups is 2. The smallest absolute Gasteiger partial charge is 0.295 e. The Morgan fingerprint density at radius 3 is 2.42 bits per heavy atom. The van der Waals surface area contributed by atoms with Crippen molar-refractivity contribution in [2.45, 2.75) is 19.0 Å². The number of aliphatic hydroxyl groups excluding tert-OH is 1. The van der Waals surface area contributed by atoms with Crippen LogP contribution in [0.15, 0.2) is 72.8 Å². The average Bonchev–Trinajstić information content (AvgIpc) is 3.37. The summed E-state index contributed by atoms with van der Waals surface area (Å²) < 4.78 is 15.4. The Morgan fingerprint density at radius 1 is 1.06 bits per heavy atom. The number of imidazole rings is 1. The maximum Gasteiger partial charge on any atom is 0.295 e. The third kappa shape index (κ3) is 4.22. The highest BCUT2D eigenvalue weighted by molar-refractivity contribution is 6.46. The number of aliphatic hydroxyl groups is 1. The molecule has 1 atom stereocenters. The number of rotatable bonds is 6. The van der Waals surface area contributed by atoms with Crippen LogP contribution in [0, 0.1) is 5.82 Å². The fourth-order valence-electron chi connectivity index (χ4n) is 3.71. The number of halogens is 2. The highest BCUT2D eigenvalue weighted by Gasteiger charge is 2.45. The number of hydrogen-bond donors (Lipinski definition) is 1. The minimum Gasteiger partial charge on any atom is -0.507 e. The van der Waals surface area contributed by atoms with Crippen molar-refractivity contribution < 1.29 is 19.1 Å². The van der Waals surface area contributed by atoms with E-state index in [4.69, 9.17) is 11.6 Å². The van der Waals surface area contributed by atoms with Crippen molar-refractivity contribution in [1.29, 1.82) is 0 Å². The van der Waals surface area contributed by atoms with Crippen LogP contribution in [-0.4, -0.2) is 37.8 Å². The molecule has 2 heterocycles. The Balaban J connectivity index is 1.72. The predicted octanol–water partition coefficient (Wildman–Crippen LogP) is 4.19. The van der Waals surface area contributed by atoms with E-state index in [-0.39, 0.29) is 17.9 Å². The molecular formula is C23H19ClFN3O3. The van der Waals surface area contributed by atoms with Gasteiger partial charge in [0.05, 0.1) is 17.9 Å². The quantitative estimate of drug-likeness (QED) is 0.355. The monoisotopic (exact) mass is 439 g/mol. The van der Waals surface area contributed by atoms with Crippen LogP contribution in [0.2, 0.25) is 5.02 Å². The molecule has 0 spiro atoms. The second-order valence-electron chi connectivity index (χ2n) is 7.20. The van der Waals surface area contributed by atoms with Gasteiger partial charge in [0, 0.05) is 36.1 Å². The van der Waals surface area contributed by atoms with Gasteiger partial charge in [-0.3, -0.25) is 9.59 Å². The molecule has 1 amide bonds. The summed E-state index contributed by atoms with van der Waals surface area (Å²) >= 11 is 5.92. The minimum absolute atomic E-state index is 0.0263. The number of nitrogens with zero attached hydrogens (tertiary/aromatic N) is 3. The van der Waals surface area contributed by atoms with Gasteiger partial charge in [0.2, 0.25) is 0 Å². The first kappa shape index (κ1) is 20.8.